The Hall–Kier alpha value is -0.530. The monoisotopic (exact) mass is 371 g/mol. The number of rotatable bonds is 5. The molecule has 2 fully saturated rings. The average Bonchev–Trinajstić information content (AvgIpc) is 2.48. The largest absolute Gasteiger partial charge is 0.401 e. The molecule has 142 valence electrons. The zero-order valence-corrected chi connectivity index (χ0v) is 15.0. The number of piperidine rings is 2. The van der Waals surface area contributed by atoms with Crippen LogP contribution in [0.1, 0.15) is 39.0 Å². The topological polar surface area (TPSA) is 44.4 Å². The van der Waals surface area contributed by atoms with Crippen molar-refractivity contribution < 1.29 is 18.0 Å². The van der Waals surface area contributed by atoms with Crippen LogP contribution < -0.4 is 10.6 Å². The first-order valence-corrected chi connectivity index (χ1v) is 8.62. The summed E-state index contributed by atoms with van der Waals surface area (Å²) >= 11 is 0. The van der Waals surface area contributed by atoms with Gasteiger partial charge in [-0.1, -0.05) is 6.92 Å². The summed E-state index contributed by atoms with van der Waals surface area (Å²) in [5.74, 6) is 0.925. The highest BCUT2D eigenvalue weighted by molar-refractivity contribution is 5.85. The molecule has 8 heteroatoms. The van der Waals surface area contributed by atoms with Crippen molar-refractivity contribution in [1.82, 2.24) is 15.5 Å². The van der Waals surface area contributed by atoms with Gasteiger partial charge in [-0.25, -0.2) is 0 Å². The lowest BCUT2D eigenvalue weighted by molar-refractivity contribution is -0.148. The maximum atomic E-state index is 12.4. The van der Waals surface area contributed by atoms with Gasteiger partial charge in [0.2, 0.25) is 5.91 Å². The molecule has 2 N–H and O–H groups in total. The minimum Gasteiger partial charge on any atom is -0.353 e. The van der Waals surface area contributed by atoms with Crippen LogP contribution in [0, 0.1) is 11.8 Å². The van der Waals surface area contributed by atoms with E-state index in [-0.39, 0.29) is 24.4 Å². The lowest BCUT2D eigenvalue weighted by atomic mass is 9.85. The number of nitrogens with zero attached hydrogens (tertiary/aromatic N) is 1. The fourth-order valence-electron chi connectivity index (χ4n) is 3.60. The summed E-state index contributed by atoms with van der Waals surface area (Å²) in [6, 6.07) is 0.0173. The Morgan fingerprint density at radius 1 is 1.29 bits per heavy atom. The van der Waals surface area contributed by atoms with E-state index in [1.54, 1.807) is 0 Å². The number of carbonyl (C=O) groups excluding carboxylic acids is 1. The Balaban J connectivity index is 0.00000288. The SMILES string of the molecule is CC(CC(=O)NC1CCN(CC(F)(F)F)CC1)C1CCCNC1.Cl. The van der Waals surface area contributed by atoms with Crippen molar-refractivity contribution in [3.63, 3.8) is 0 Å². The van der Waals surface area contributed by atoms with Gasteiger partial charge in [0.1, 0.15) is 0 Å². The standard InChI is InChI=1S/C16H28F3N3O.ClH/c1-12(13-3-2-6-20-10-13)9-15(23)21-14-4-7-22(8-5-14)11-16(17,18)19;/h12-14,20H,2-11H2,1H3,(H,21,23);1H. The highest BCUT2D eigenvalue weighted by Gasteiger charge is 2.33. The molecule has 0 aromatic heterocycles. The minimum absolute atomic E-state index is 0. The zero-order valence-electron chi connectivity index (χ0n) is 14.2. The normalized spacial score (nSPS) is 24.9. The number of alkyl halides is 3. The Kier molecular flexibility index (Phi) is 8.81. The molecule has 0 aromatic rings. The fourth-order valence-corrected chi connectivity index (χ4v) is 3.60. The van der Waals surface area contributed by atoms with E-state index in [0.29, 0.717) is 44.2 Å². The molecule has 0 bridgehead atoms. The van der Waals surface area contributed by atoms with Gasteiger partial charge in [-0.2, -0.15) is 13.2 Å². The van der Waals surface area contributed by atoms with Crippen LogP contribution in [-0.2, 0) is 4.79 Å². The van der Waals surface area contributed by atoms with Crippen LogP contribution >= 0.6 is 12.4 Å². The van der Waals surface area contributed by atoms with Crippen molar-refractivity contribution >= 4 is 18.3 Å². The Morgan fingerprint density at radius 2 is 1.96 bits per heavy atom. The smallest absolute Gasteiger partial charge is 0.353 e. The lowest BCUT2D eigenvalue weighted by Gasteiger charge is -2.33. The average molecular weight is 372 g/mol. The number of nitrogens with one attached hydrogen (secondary N) is 2. The van der Waals surface area contributed by atoms with E-state index >= 15 is 0 Å². The van der Waals surface area contributed by atoms with Crippen molar-refractivity contribution in [3.05, 3.63) is 0 Å². The third-order valence-electron chi connectivity index (χ3n) is 5.00. The molecule has 4 nitrogen and oxygen atoms in total. The van der Waals surface area contributed by atoms with Crippen LogP contribution in [0.2, 0.25) is 0 Å². The summed E-state index contributed by atoms with van der Waals surface area (Å²) in [5, 5.41) is 6.37. The summed E-state index contributed by atoms with van der Waals surface area (Å²) < 4.78 is 37.1. The molecule has 2 saturated heterocycles. The molecule has 0 saturated carbocycles. The minimum atomic E-state index is -4.14. The van der Waals surface area contributed by atoms with E-state index < -0.39 is 12.7 Å². The molecular weight excluding hydrogens is 343 g/mol. The highest BCUT2D eigenvalue weighted by atomic mass is 35.5. The van der Waals surface area contributed by atoms with Crippen LogP contribution in [0.3, 0.4) is 0 Å². The maximum Gasteiger partial charge on any atom is 0.401 e. The van der Waals surface area contributed by atoms with E-state index in [1.165, 1.54) is 4.90 Å². The van der Waals surface area contributed by atoms with E-state index in [9.17, 15) is 18.0 Å². The first-order valence-electron chi connectivity index (χ1n) is 8.62. The van der Waals surface area contributed by atoms with Crippen molar-refractivity contribution in [2.75, 3.05) is 32.7 Å². The number of amides is 1. The number of halogens is 4. The third kappa shape index (κ3) is 7.57. The van der Waals surface area contributed by atoms with Gasteiger partial charge in [0.05, 0.1) is 6.54 Å². The molecule has 2 rings (SSSR count). The number of hydrogen-bond acceptors (Lipinski definition) is 3. The quantitative estimate of drug-likeness (QED) is 0.780. The molecular formula is C16H29ClF3N3O. The molecule has 24 heavy (non-hydrogen) atoms. The zero-order chi connectivity index (χ0) is 16.9. The van der Waals surface area contributed by atoms with Crippen LogP contribution in [0.15, 0.2) is 0 Å². The van der Waals surface area contributed by atoms with Gasteiger partial charge in [0.15, 0.2) is 0 Å². The molecule has 0 aliphatic carbocycles. The molecule has 0 radical (unpaired) electrons. The van der Waals surface area contributed by atoms with Gasteiger partial charge in [0.25, 0.3) is 0 Å². The second-order valence-electron chi connectivity index (χ2n) is 7.02. The highest BCUT2D eigenvalue weighted by Crippen LogP contribution is 2.23. The van der Waals surface area contributed by atoms with Crippen LogP contribution in [0.4, 0.5) is 13.2 Å². The Bertz CT molecular complexity index is 381. The first-order chi connectivity index (χ1) is 10.8. The van der Waals surface area contributed by atoms with Crippen molar-refractivity contribution in [3.8, 4) is 0 Å². The summed E-state index contributed by atoms with van der Waals surface area (Å²) in [6.45, 7) is 4.10. The van der Waals surface area contributed by atoms with Crippen molar-refractivity contribution in [2.24, 2.45) is 11.8 Å². The molecule has 2 atom stereocenters. The van der Waals surface area contributed by atoms with Gasteiger partial charge in [-0.3, -0.25) is 9.69 Å². The summed E-state index contributed by atoms with van der Waals surface area (Å²) in [6.07, 6.45) is -0.109. The second kappa shape index (κ2) is 9.82. The Labute approximate surface area is 148 Å². The molecule has 2 unspecified atom stereocenters. The maximum absolute atomic E-state index is 12.4. The van der Waals surface area contributed by atoms with E-state index in [2.05, 4.69) is 17.6 Å². The van der Waals surface area contributed by atoms with E-state index in [4.69, 9.17) is 0 Å². The van der Waals surface area contributed by atoms with Gasteiger partial charge in [-0.05, 0) is 50.6 Å². The van der Waals surface area contributed by atoms with Gasteiger partial charge < -0.3 is 10.6 Å². The molecule has 2 heterocycles. The predicted octanol–water partition coefficient (Wildman–Crippen LogP) is 2.58. The van der Waals surface area contributed by atoms with Crippen molar-refractivity contribution in [1.29, 1.82) is 0 Å². The van der Waals surface area contributed by atoms with E-state index in [0.717, 1.165) is 25.9 Å². The first kappa shape index (κ1) is 21.5. The molecule has 2 aliphatic heterocycles. The molecule has 2 aliphatic rings. The van der Waals surface area contributed by atoms with E-state index in [1.807, 2.05) is 0 Å². The lowest BCUT2D eigenvalue weighted by Crippen LogP contribution is -2.47. The number of carbonyl (C=O) groups is 1. The third-order valence-corrected chi connectivity index (χ3v) is 5.00. The summed E-state index contributed by atoms with van der Waals surface area (Å²) in [4.78, 5) is 13.6. The van der Waals surface area contributed by atoms with Crippen LogP contribution in [0.5, 0.6) is 0 Å². The molecule has 0 aromatic carbocycles. The molecule has 0 spiro atoms. The molecule has 1 amide bonds. The number of hydrogen-bond donors (Lipinski definition) is 2. The van der Waals surface area contributed by atoms with Gasteiger partial charge >= 0.3 is 6.18 Å². The van der Waals surface area contributed by atoms with Gasteiger partial charge in [0, 0.05) is 25.6 Å². The Morgan fingerprint density at radius 3 is 2.50 bits per heavy atom. The van der Waals surface area contributed by atoms with Crippen molar-refractivity contribution in [2.45, 2.75) is 51.2 Å². The number of likely N-dealkylation sites (tertiary alicyclic amines) is 1. The predicted molar refractivity (Wildman–Crippen MR) is 90.3 cm³/mol. The fraction of sp³-hybridized carbons (Fsp3) is 0.938. The summed E-state index contributed by atoms with van der Waals surface area (Å²) in [5.41, 5.74) is 0. The van der Waals surface area contributed by atoms with Crippen LogP contribution in [-0.4, -0.2) is 55.7 Å². The van der Waals surface area contributed by atoms with Gasteiger partial charge in [-0.15, -0.1) is 12.4 Å². The second-order valence-corrected chi connectivity index (χ2v) is 7.02. The summed E-state index contributed by atoms with van der Waals surface area (Å²) in [7, 11) is 0. The van der Waals surface area contributed by atoms with Crippen LogP contribution in [0.25, 0.3) is 0 Å².